The molecule has 3 N–H and O–H groups in total. The van der Waals surface area contributed by atoms with Crippen LogP contribution in [0, 0.1) is 20.2 Å². The van der Waals surface area contributed by atoms with Crippen LogP contribution in [0.3, 0.4) is 0 Å². The molecule has 0 radical (unpaired) electrons. The Morgan fingerprint density at radius 1 is 1.15 bits per heavy atom. The average molecular weight is 479 g/mol. The van der Waals surface area contributed by atoms with E-state index in [4.69, 9.17) is 4.74 Å². The fourth-order valence-corrected chi connectivity index (χ4v) is 3.10. The van der Waals surface area contributed by atoms with E-state index in [1.54, 1.807) is 47.7 Å². The van der Waals surface area contributed by atoms with Gasteiger partial charge in [0.05, 0.1) is 22.6 Å². The molecule has 0 saturated carbocycles. The summed E-state index contributed by atoms with van der Waals surface area (Å²) >= 11 is 0. The summed E-state index contributed by atoms with van der Waals surface area (Å²) in [4.78, 5) is 47.7. The molecule has 186 valence electrons. The standard InChI is InChI=1S/C21H30N6O7/c1-20(2,3)24-18(28)15(23-19(29)34-21(4,5)6)9-13-11-25(12-22-13)16-8-7-14(26(30)31)10-17(16)27(32)33/h7-8,10-11,15,22H,9,12H2,1-6H3,(H,23,29)(H,24,28). The minimum Gasteiger partial charge on any atom is -0.444 e. The third kappa shape index (κ3) is 7.60. The van der Waals surface area contributed by atoms with Gasteiger partial charge < -0.3 is 25.6 Å². The number of rotatable bonds is 7. The predicted molar refractivity (Wildman–Crippen MR) is 124 cm³/mol. The van der Waals surface area contributed by atoms with Crippen molar-refractivity contribution in [3.63, 3.8) is 0 Å². The second-order valence-corrected chi connectivity index (χ2v) is 9.79. The van der Waals surface area contributed by atoms with E-state index in [1.165, 1.54) is 17.0 Å². The van der Waals surface area contributed by atoms with Gasteiger partial charge in [0.25, 0.3) is 11.4 Å². The van der Waals surface area contributed by atoms with Crippen LogP contribution < -0.4 is 20.9 Å². The molecule has 1 aliphatic rings. The van der Waals surface area contributed by atoms with Crippen molar-refractivity contribution < 1.29 is 24.2 Å². The van der Waals surface area contributed by atoms with E-state index in [2.05, 4.69) is 16.0 Å². The van der Waals surface area contributed by atoms with E-state index in [1.807, 2.05) is 0 Å². The number of nitrogens with zero attached hydrogens (tertiary/aromatic N) is 3. The number of nitro groups is 2. The molecule has 0 bridgehead atoms. The number of carbonyl (C=O) groups excluding carboxylic acids is 2. The number of anilines is 1. The summed E-state index contributed by atoms with van der Waals surface area (Å²) in [6.07, 6.45) is 0.851. The Hall–Kier alpha value is -3.90. The Morgan fingerprint density at radius 2 is 1.79 bits per heavy atom. The number of ether oxygens (including phenoxy) is 1. The van der Waals surface area contributed by atoms with Crippen molar-refractivity contribution in [2.24, 2.45) is 0 Å². The highest BCUT2D eigenvalue weighted by molar-refractivity contribution is 5.86. The predicted octanol–water partition coefficient (Wildman–Crippen LogP) is 2.91. The fraction of sp³-hybridized carbons (Fsp3) is 0.524. The monoisotopic (exact) mass is 478 g/mol. The molecule has 0 aliphatic carbocycles. The van der Waals surface area contributed by atoms with Crippen LogP contribution in [0.5, 0.6) is 0 Å². The quantitative estimate of drug-likeness (QED) is 0.394. The summed E-state index contributed by atoms with van der Waals surface area (Å²) in [5, 5.41) is 30.9. The molecule has 0 spiro atoms. The Balaban J connectivity index is 2.27. The molecule has 0 aromatic heterocycles. The zero-order chi connectivity index (χ0) is 25.8. The number of hydrogen-bond donors (Lipinski definition) is 3. The maximum atomic E-state index is 12.8. The molecular weight excluding hydrogens is 448 g/mol. The van der Waals surface area contributed by atoms with Crippen LogP contribution in [0.25, 0.3) is 0 Å². The van der Waals surface area contributed by atoms with Gasteiger partial charge in [0, 0.05) is 29.9 Å². The van der Waals surface area contributed by atoms with Crippen molar-refractivity contribution in [2.45, 2.75) is 65.1 Å². The first kappa shape index (κ1) is 26.4. The van der Waals surface area contributed by atoms with Gasteiger partial charge in [0.15, 0.2) is 0 Å². The third-order valence-electron chi connectivity index (χ3n) is 4.39. The maximum Gasteiger partial charge on any atom is 0.408 e. The normalized spacial score (nSPS) is 14.5. The number of non-ortho nitro benzene ring substituents is 1. The topological polar surface area (TPSA) is 169 Å². The molecule has 0 saturated heterocycles. The van der Waals surface area contributed by atoms with Crippen LogP contribution in [0.4, 0.5) is 21.9 Å². The summed E-state index contributed by atoms with van der Waals surface area (Å²) in [6, 6.07) is 2.38. The van der Waals surface area contributed by atoms with Crippen molar-refractivity contribution in [3.8, 4) is 0 Å². The minimum atomic E-state index is -0.986. The van der Waals surface area contributed by atoms with Gasteiger partial charge in [-0.2, -0.15) is 0 Å². The van der Waals surface area contributed by atoms with E-state index in [0.29, 0.717) is 5.70 Å². The van der Waals surface area contributed by atoms with Gasteiger partial charge in [0.2, 0.25) is 5.91 Å². The zero-order valence-electron chi connectivity index (χ0n) is 20.0. The van der Waals surface area contributed by atoms with Gasteiger partial charge in [-0.15, -0.1) is 0 Å². The smallest absolute Gasteiger partial charge is 0.408 e. The largest absolute Gasteiger partial charge is 0.444 e. The van der Waals surface area contributed by atoms with Crippen LogP contribution in [0.1, 0.15) is 48.0 Å². The summed E-state index contributed by atoms with van der Waals surface area (Å²) < 4.78 is 5.27. The number of alkyl carbamates (subject to hydrolysis) is 1. The molecule has 1 atom stereocenters. The highest BCUT2D eigenvalue weighted by atomic mass is 16.6. The molecular formula is C21H30N6O7. The lowest BCUT2D eigenvalue weighted by Gasteiger charge is -2.27. The van der Waals surface area contributed by atoms with Gasteiger partial charge in [0.1, 0.15) is 17.3 Å². The molecule has 13 heteroatoms. The van der Waals surface area contributed by atoms with Crippen molar-refractivity contribution in [1.29, 1.82) is 0 Å². The summed E-state index contributed by atoms with van der Waals surface area (Å²) in [7, 11) is 0. The first-order valence-corrected chi connectivity index (χ1v) is 10.5. The van der Waals surface area contributed by atoms with Gasteiger partial charge in [-0.25, -0.2) is 4.79 Å². The SMILES string of the molecule is CC(C)(C)NC(=O)C(CC1=CN(c2ccc([N+](=O)[O-])cc2[N+](=O)[O-])CN1)NC(=O)OC(C)(C)C. The van der Waals surface area contributed by atoms with Crippen LogP contribution in [-0.4, -0.2) is 45.7 Å². The van der Waals surface area contributed by atoms with E-state index >= 15 is 0 Å². The van der Waals surface area contributed by atoms with E-state index in [0.717, 1.165) is 6.07 Å². The van der Waals surface area contributed by atoms with Gasteiger partial charge in [-0.05, 0) is 47.6 Å². The Kier molecular flexibility index (Phi) is 7.70. The van der Waals surface area contributed by atoms with Crippen LogP contribution in [0.2, 0.25) is 0 Å². The maximum absolute atomic E-state index is 12.8. The van der Waals surface area contributed by atoms with Crippen LogP contribution in [0.15, 0.2) is 30.1 Å². The van der Waals surface area contributed by atoms with Crippen molar-refractivity contribution in [3.05, 3.63) is 50.3 Å². The number of nitrogens with one attached hydrogen (secondary N) is 3. The molecule has 1 aliphatic heterocycles. The highest BCUT2D eigenvalue weighted by Gasteiger charge is 2.30. The molecule has 1 aromatic rings. The van der Waals surface area contributed by atoms with E-state index < -0.39 is 50.4 Å². The summed E-state index contributed by atoms with van der Waals surface area (Å²) in [5.41, 5.74) is -1.46. The second-order valence-electron chi connectivity index (χ2n) is 9.79. The Morgan fingerprint density at radius 3 is 2.32 bits per heavy atom. The highest BCUT2D eigenvalue weighted by Crippen LogP contribution is 2.33. The Labute approximate surface area is 196 Å². The van der Waals surface area contributed by atoms with Crippen LogP contribution >= 0.6 is 0 Å². The third-order valence-corrected chi connectivity index (χ3v) is 4.39. The minimum absolute atomic E-state index is 0.0540. The van der Waals surface area contributed by atoms with Gasteiger partial charge >= 0.3 is 6.09 Å². The zero-order valence-corrected chi connectivity index (χ0v) is 20.0. The van der Waals surface area contributed by atoms with Crippen LogP contribution in [-0.2, 0) is 9.53 Å². The average Bonchev–Trinajstić information content (AvgIpc) is 3.12. The van der Waals surface area contributed by atoms with Gasteiger partial charge in [-0.1, -0.05) is 0 Å². The number of hydrogen-bond acceptors (Lipinski definition) is 9. The Bertz CT molecular complexity index is 1010. The molecule has 2 rings (SSSR count). The molecule has 1 heterocycles. The van der Waals surface area contributed by atoms with E-state index in [-0.39, 0.29) is 18.8 Å². The number of nitro benzene ring substituents is 2. The van der Waals surface area contributed by atoms with Crippen molar-refractivity contribution in [2.75, 3.05) is 11.6 Å². The van der Waals surface area contributed by atoms with Gasteiger partial charge in [-0.3, -0.25) is 25.0 Å². The summed E-state index contributed by atoms with van der Waals surface area (Å²) in [5.74, 6) is -0.430. The van der Waals surface area contributed by atoms with Crippen molar-refractivity contribution >= 4 is 29.1 Å². The lowest BCUT2D eigenvalue weighted by Crippen LogP contribution is -2.53. The van der Waals surface area contributed by atoms with E-state index in [9.17, 15) is 29.8 Å². The lowest BCUT2D eigenvalue weighted by molar-refractivity contribution is -0.393. The number of carbonyl (C=O) groups is 2. The first-order chi connectivity index (χ1) is 15.6. The molecule has 2 amide bonds. The molecule has 34 heavy (non-hydrogen) atoms. The lowest BCUT2D eigenvalue weighted by atomic mass is 10.1. The second kappa shape index (κ2) is 9.93. The first-order valence-electron chi connectivity index (χ1n) is 10.5. The molecule has 1 aromatic carbocycles. The number of amides is 2. The molecule has 1 unspecified atom stereocenters. The molecule has 0 fully saturated rings. The number of benzene rings is 1. The van der Waals surface area contributed by atoms with Crippen molar-refractivity contribution in [1.82, 2.24) is 16.0 Å². The fourth-order valence-electron chi connectivity index (χ4n) is 3.10. The summed E-state index contributed by atoms with van der Waals surface area (Å²) in [6.45, 7) is 10.6. The molecule has 13 nitrogen and oxygen atoms in total.